The number of amides is 2. The molecule has 3 aromatic rings. The second-order valence-electron chi connectivity index (χ2n) is 10.7. The van der Waals surface area contributed by atoms with Crippen LogP contribution in [0, 0.1) is 12.7 Å². The number of carbonyl (C=O) groups excluding carboxylic acids is 2. The Morgan fingerprint density at radius 1 is 0.976 bits per heavy atom. The maximum absolute atomic E-state index is 15.0. The summed E-state index contributed by atoms with van der Waals surface area (Å²) < 4.78 is 43.5. The van der Waals surface area contributed by atoms with Gasteiger partial charge >= 0.3 is 0 Å². The highest BCUT2D eigenvalue weighted by molar-refractivity contribution is 7.92. The number of carbonyl (C=O) groups is 2. The van der Waals surface area contributed by atoms with Crippen LogP contribution in [-0.2, 0) is 26.2 Å². The molecule has 3 rings (SSSR count). The van der Waals surface area contributed by atoms with Crippen LogP contribution >= 0.6 is 23.2 Å². The third-order valence-corrected chi connectivity index (χ3v) is 8.74. The van der Waals surface area contributed by atoms with E-state index in [1.54, 1.807) is 37.3 Å². The molecule has 0 aliphatic carbocycles. The van der Waals surface area contributed by atoms with Crippen LogP contribution in [-0.4, -0.2) is 43.3 Å². The van der Waals surface area contributed by atoms with Crippen LogP contribution in [0.3, 0.4) is 0 Å². The minimum atomic E-state index is -4.38. The Bertz CT molecular complexity index is 1510. The van der Waals surface area contributed by atoms with Gasteiger partial charge in [-0.15, -0.1) is 0 Å². The molecule has 220 valence electrons. The summed E-state index contributed by atoms with van der Waals surface area (Å²) >= 11 is 12.3. The van der Waals surface area contributed by atoms with Crippen molar-refractivity contribution >= 4 is 50.7 Å². The lowest BCUT2D eigenvalue weighted by Crippen LogP contribution is -2.55. The van der Waals surface area contributed by atoms with Gasteiger partial charge in [0.15, 0.2) is 0 Å². The molecule has 0 saturated carbocycles. The van der Waals surface area contributed by atoms with E-state index in [1.807, 2.05) is 27.7 Å². The number of hydrogen-bond acceptors (Lipinski definition) is 4. The second kappa shape index (κ2) is 13.2. The van der Waals surface area contributed by atoms with Gasteiger partial charge in [0.1, 0.15) is 18.4 Å². The van der Waals surface area contributed by atoms with Crippen LogP contribution in [0.25, 0.3) is 0 Å². The quantitative estimate of drug-likeness (QED) is 0.285. The highest BCUT2D eigenvalue weighted by atomic mass is 35.5. The van der Waals surface area contributed by atoms with Gasteiger partial charge in [0.05, 0.1) is 20.6 Å². The third-order valence-electron chi connectivity index (χ3n) is 6.23. The van der Waals surface area contributed by atoms with Crippen molar-refractivity contribution in [3.8, 4) is 0 Å². The monoisotopic (exact) mass is 621 g/mol. The first-order valence-electron chi connectivity index (χ1n) is 13.0. The van der Waals surface area contributed by atoms with Crippen molar-refractivity contribution in [2.45, 2.75) is 64.1 Å². The minimum Gasteiger partial charge on any atom is -0.350 e. The zero-order valence-corrected chi connectivity index (χ0v) is 25.9. The molecule has 0 saturated heterocycles. The van der Waals surface area contributed by atoms with Crippen LogP contribution in [0.4, 0.5) is 10.1 Å². The Balaban J connectivity index is 2.10. The highest BCUT2D eigenvalue weighted by Crippen LogP contribution is 2.28. The Labute approximate surface area is 251 Å². The molecule has 11 heteroatoms. The van der Waals surface area contributed by atoms with Crippen molar-refractivity contribution in [2.75, 3.05) is 10.8 Å². The number of halogens is 3. The van der Waals surface area contributed by atoms with Crippen LogP contribution in [0.2, 0.25) is 10.0 Å². The van der Waals surface area contributed by atoms with E-state index in [4.69, 9.17) is 23.2 Å². The van der Waals surface area contributed by atoms with Gasteiger partial charge in [-0.25, -0.2) is 12.8 Å². The number of benzene rings is 3. The molecule has 1 N–H and O–H groups in total. The first-order chi connectivity index (χ1) is 19.1. The van der Waals surface area contributed by atoms with Crippen molar-refractivity contribution in [3.05, 3.63) is 93.7 Å². The van der Waals surface area contributed by atoms with Gasteiger partial charge < -0.3 is 10.2 Å². The average molecular weight is 623 g/mol. The predicted octanol–water partition coefficient (Wildman–Crippen LogP) is 6.36. The maximum Gasteiger partial charge on any atom is 0.264 e. The summed E-state index contributed by atoms with van der Waals surface area (Å²) in [5.74, 6) is -1.93. The maximum atomic E-state index is 15.0. The number of rotatable bonds is 10. The summed E-state index contributed by atoms with van der Waals surface area (Å²) in [5.41, 5.74) is 0.536. The molecular weight excluding hydrogens is 588 g/mol. The lowest BCUT2D eigenvalue weighted by Gasteiger charge is -2.35. The van der Waals surface area contributed by atoms with Crippen LogP contribution in [0.15, 0.2) is 71.6 Å². The van der Waals surface area contributed by atoms with Gasteiger partial charge in [0.2, 0.25) is 11.8 Å². The van der Waals surface area contributed by atoms with E-state index in [0.29, 0.717) is 10.6 Å². The summed E-state index contributed by atoms with van der Waals surface area (Å²) in [4.78, 5) is 28.6. The summed E-state index contributed by atoms with van der Waals surface area (Å²) in [5, 5.41) is 3.48. The number of aryl methyl sites for hydroxylation is 1. The Morgan fingerprint density at radius 2 is 1.61 bits per heavy atom. The molecule has 0 bridgehead atoms. The van der Waals surface area contributed by atoms with Gasteiger partial charge in [-0.3, -0.25) is 13.9 Å². The van der Waals surface area contributed by atoms with Gasteiger partial charge in [-0.05, 0) is 76.1 Å². The predicted molar refractivity (Wildman–Crippen MR) is 161 cm³/mol. The fourth-order valence-corrected chi connectivity index (χ4v) is 5.95. The fourth-order valence-electron chi connectivity index (χ4n) is 4.21. The Kier molecular flexibility index (Phi) is 10.4. The minimum absolute atomic E-state index is 0.0680. The zero-order chi connectivity index (χ0) is 30.5. The zero-order valence-electron chi connectivity index (χ0n) is 23.6. The van der Waals surface area contributed by atoms with Crippen LogP contribution in [0.1, 0.15) is 45.2 Å². The number of sulfonamides is 1. The molecule has 0 aliphatic rings. The number of hydrogen-bond donors (Lipinski definition) is 1. The molecule has 1 atom stereocenters. The van der Waals surface area contributed by atoms with Gasteiger partial charge in [0.25, 0.3) is 10.0 Å². The molecule has 0 unspecified atom stereocenters. The molecule has 0 radical (unpaired) electrons. The molecule has 3 aromatic carbocycles. The molecule has 0 aromatic heterocycles. The van der Waals surface area contributed by atoms with Gasteiger partial charge in [0, 0.05) is 12.1 Å². The summed E-state index contributed by atoms with van der Waals surface area (Å²) in [7, 11) is -4.38. The third kappa shape index (κ3) is 8.21. The number of nitrogens with one attached hydrogen (secondary N) is 1. The lowest BCUT2D eigenvalue weighted by molar-refractivity contribution is -0.141. The Morgan fingerprint density at radius 3 is 2.17 bits per heavy atom. The highest BCUT2D eigenvalue weighted by Gasteiger charge is 2.35. The number of nitrogens with zero attached hydrogens (tertiary/aromatic N) is 2. The van der Waals surface area contributed by atoms with Gasteiger partial charge in [-0.1, -0.05) is 66.0 Å². The topological polar surface area (TPSA) is 86.8 Å². The largest absolute Gasteiger partial charge is 0.350 e. The molecule has 41 heavy (non-hydrogen) atoms. The fraction of sp³-hybridized carbons (Fsp3) is 0.333. The second-order valence-corrected chi connectivity index (χ2v) is 13.4. The van der Waals surface area contributed by atoms with E-state index in [2.05, 4.69) is 5.32 Å². The SMILES string of the molecule is CC[C@@H](C(=O)NC(C)(C)C)N(Cc1ccc(Cl)c(Cl)c1)C(=O)CN(c1ccccc1F)S(=O)(=O)c1ccc(C)cc1. The molecule has 7 nitrogen and oxygen atoms in total. The molecule has 2 amide bonds. The van der Waals surface area contributed by atoms with E-state index in [1.165, 1.54) is 35.2 Å². The van der Waals surface area contributed by atoms with Crippen molar-refractivity contribution in [3.63, 3.8) is 0 Å². The van der Waals surface area contributed by atoms with Crippen LogP contribution < -0.4 is 9.62 Å². The summed E-state index contributed by atoms with van der Waals surface area (Å²) in [6.07, 6.45) is 0.236. The van der Waals surface area contributed by atoms with Crippen molar-refractivity contribution < 1.29 is 22.4 Å². The van der Waals surface area contributed by atoms with E-state index >= 15 is 4.39 Å². The standard InChI is InChI=1S/C30H34Cl2FN3O4S/c1-6-26(29(38)34-30(3,4)5)35(18-21-13-16-23(31)24(32)17-21)28(37)19-36(27-10-8-7-9-25(27)33)41(39,40)22-14-11-20(2)12-15-22/h7-17,26H,6,18-19H2,1-5H3,(H,34,38)/t26-/m0/s1. The summed E-state index contributed by atoms with van der Waals surface area (Å²) in [6, 6.07) is 15.2. The molecule has 0 fully saturated rings. The number of anilines is 1. The first kappa shape index (κ1) is 32.4. The van der Waals surface area contributed by atoms with Crippen molar-refractivity contribution in [1.29, 1.82) is 0 Å². The van der Waals surface area contributed by atoms with E-state index in [9.17, 15) is 18.0 Å². The van der Waals surface area contributed by atoms with Crippen LogP contribution in [0.5, 0.6) is 0 Å². The Hall–Kier alpha value is -3.14. The first-order valence-corrected chi connectivity index (χ1v) is 15.2. The number of para-hydroxylation sites is 1. The molecule has 0 aliphatic heterocycles. The molecule has 0 heterocycles. The normalized spacial score (nSPS) is 12.5. The molecule has 0 spiro atoms. The lowest BCUT2D eigenvalue weighted by atomic mass is 10.1. The average Bonchev–Trinajstić information content (AvgIpc) is 2.88. The van der Waals surface area contributed by atoms with Gasteiger partial charge in [-0.2, -0.15) is 0 Å². The van der Waals surface area contributed by atoms with E-state index in [-0.39, 0.29) is 28.6 Å². The smallest absolute Gasteiger partial charge is 0.264 e. The van der Waals surface area contributed by atoms with E-state index < -0.39 is 45.8 Å². The van der Waals surface area contributed by atoms with E-state index in [0.717, 1.165) is 15.9 Å². The van der Waals surface area contributed by atoms with Crippen molar-refractivity contribution in [2.24, 2.45) is 0 Å². The summed E-state index contributed by atoms with van der Waals surface area (Å²) in [6.45, 7) is 8.19. The van der Waals surface area contributed by atoms with Crippen molar-refractivity contribution in [1.82, 2.24) is 10.2 Å². The molecular formula is C30H34Cl2FN3O4S.